The third-order valence-corrected chi connectivity index (χ3v) is 3.91. The van der Waals surface area contributed by atoms with Crippen LogP contribution in [-0.4, -0.2) is 17.3 Å². The number of hydrogen-bond acceptors (Lipinski definition) is 2. The predicted molar refractivity (Wildman–Crippen MR) is 64.9 cm³/mol. The third-order valence-electron chi connectivity index (χ3n) is 2.44. The second-order valence-electron chi connectivity index (χ2n) is 3.84. The molecule has 2 rings (SSSR count). The van der Waals surface area contributed by atoms with E-state index in [1.165, 1.54) is 17.7 Å². The van der Waals surface area contributed by atoms with Gasteiger partial charge in [-0.2, -0.15) is 0 Å². The molecule has 0 saturated heterocycles. The third kappa shape index (κ3) is 2.89. The van der Waals surface area contributed by atoms with E-state index in [0.717, 1.165) is 6.54 Å². The molecule has 0 heterocycles. The summed E-state index contributed by atoms with van der Waals surface area (Å²) in [6.45, 7) is 0.731. The van der Waals surface area contributed by atoms with Crippen LogP contribution in [0.5, 0.6) is 0 Å². The molecule has 0 spiro atoms. The number of nitrogens with two attached hydrogens (primary N) is 2. The van der Waals surface area contributed by atoms with Crippen molar-refractivity contribution in [3.05, 3.63) is 30.3 Å². The molecule has 0 atom stereocenters. The quantitative estimate of drug-likeness (QED) is 0.599. The molecule has 0 aliphatic heterocycles. The Morgan fingerprint density at radius 1 is 1.27 bits per heavy atom. The van der Waals surface area contributed by atoms with Crippen LogP contribution in [0.15, 0.2) is 40.2 Å². The molecule has 0 aromatic heterocycles. The first-order valence-electron chi connectivity index (χ1n) is 5.00. The molecule has 0 amide bonds. The van der Waals surface area contributed by atoms with Crippen molar-refractivity contribution in [3.8, 4) is 0 Å². The summed E-state index contributed by atoms with van der Waals surface area (Å²) in [4.78, 5) is 5.40. The van der Waals surface area contributed by atoms with E-state index in [9.17, 15) is 0 Å². The van der Waals surface area contributed by atoms with Gasteiger partial charge in [0.2, 0.25) is 0 Å². The zero-order valence-corrected chi connectivity index (χ0v) is 9.33. The van der Waals surface area contributed by atoms with Crippen LogP contribution >= 0.6 is 11.8 Å². The molecule has 4 N–H and O–H groups in total. The molecule has 1 aliphatic rings. The van der Waals surface area contributed by atoms with Gasteiger partial charge in [-0.25, -0.2) is 0 Å². The van der Waals surface area contributed by atoms with E-state index < -0.39 is 0 Å². The summed E-state index contributed by atoms with van der Waals surface area (Å²) >= 11 is 1.88. The van der Waals surface area contributed by atoms with Crippen molar-refractivity contribution in [3.63, 3.8) is 0 Å². The van der Waals surface area contributed by atoms with Gasteiger partial charge in [-0.3, -0.25) is 4.99 Å². The smallest absolute Gasteiger partial charge is 0.185 e. The number of guanidine groups is 1. The number of aliphatic imine (C=N–C) groups is 1. The van der Waals surface area contributed by atoms with E-state index in [0.29, 0.717) is 0 Å². The molecule has 4 heteroatoms. The standard InChI is InChI=1S/C11H15N3S/c12-10(13)14-8-11(6-7-11)15-9-4-2-1-3-5-9/h1-5H,6-8H2,(H4,12,13,14). The van der Waals surface area contributed by atoms with Crippen LogP contribution in [0.25, 0.3) is 0 Å². The lowest BCUT2D eigenvalue weighted by Gasteiger charge is -2.11. The Kier molecular flexibility index (Phi) is 2.86. The molecule has 0 unspecified atom stereocenters. The van der Waals surface area contributed by atoms with Gasteiger partial charge in [0.15, 0.2) is 5.96 Å². The van der Waals surface area contributed by atoms with Gasteiger partial charge >= 0.3 is 0 Å². The van der Waals surface area contributed by atoms with Crippen LogP contribution in [0.1, 0.15) is 12.8 Å². The second kappa shape index (κ2) is 4.14. The summed E-state index contributed by atoms with van der Waals surface area (Å²) in [6, 6.07) is 10.4. The minimum absolute atomic E-state index is 0.190. The lowest BCUT2D eigenvalue weighted by Crippen LogP contribution is -2.24. The number of thioether (sulfide) groups is 1. The topological polar surface area (TPSA) is 64.4 Å². The van der Waals surface area contributed by atoms with E-state index >= 15 is 0 Å². The number of benzene rings is 1. The Morgan fingerprint density at radius 3 is 2.47 bits per heavy atom. The highest BCUT2D eigenvalue weighted by molar-refractivity contribution is 8.01. The Hall–Kier alpha value is -1.16. The Bertz CT molecular complexity index is 353. The average Bonchev–Trinajstić information content (AvgIpc) is 2.97. The first kappa shape index (κ1) is 10.4. The highest BCUT2D eigenvalue weighted by atomic mass is 32.2. The zero-order chi connectivity index (χ0) is 10.7. The Balaban J connectivity index is 1.97. The van der Waals surface area contributed by atoms with Gasteiger partial charge in [0.25, 0.3) is 0 Å². The molecule has 1 aromatic carbocycles. The van der Waals surface area contributed by atoms with Crippen LogP contribution in [0.2, 0.25) is 0 Å². The molecule has 0 radical (unpaired) electrons. The lowest BCUT2D eigenvalue weighted by molar-refractivity contribution is 0.896. The number of rotatable bonds is 4. The van der Waals surface area contributed by atoms with E-state index in [4.69, 9.17) is 11.5 Å². The van der Waals surface area contributed by atoms with Crippen molar-refractivity contribution in [2.45, 2.75) is 22.5 Å². The van der Waals surface area contributed by atoms with Gasteiger partial charge in [0.1, 0.15) is 0 Å². The second-order valence-corrected chi connectivity index (χ2v) is 5.38. The van der Waals surface area contributed by atoms with E-state index in [1.807, 2.05) is 17.8 Å². The maximum atomic E-state index is 5.34. The van der Waals surface area contributed by atoms with Crippen LogP contribution in [0.3, 0.4) is 0 Å². The Morgan fingerprint density at radius 2 is 1.93 bits per heavy atom. The van der Waals surface area contributed by atoms with Crippen molar-refractivity contribution in [2.24, 2.45) is 16.5 Å². The SMILES string of the molecule is NC(N)=NCC1(Sc2ccccc2)CC1. The molecular weight excluding hydrogens is 206 g/mol. The first-order chi connectivity index (χ1) is 7.20. The minimum Gasteiger partial charge on any atom is -0.370 e. The molecule has 80 valence electrons. The van der Waals surface area contributed by atoms with Crippen molar-refractivity contribution in [1.82, 2.24) is 0 Å². The summed E-state index contributed by atoms with van der Waals surface area (Å²) in [5.41, 5.74) is 10.7. The summed E-state index contributed by atoms with van der Waals surface area (Å²) in [5.74, 6) is 0.190. The molecule has 1 aromatic rings. The van der Waals surface area contributed by atoms with Crippen LogP contribution in [0.4, 0.5) is 0 Å². The fraction of sp³-hybridized carbons (Fsp3) is 0.364. The Labute approximate surface area is 93.9 Å². The van der Waals surface area contributed by atoms with Gasteiger partial charge in [-0.05, 0) is 25.0 Å². The lowest BCUT2D eigenvalue weighted by atomic mass is 10.4. The average molecular weight is 221 g/mol. The maximum absolute atomic E-state index is 5.34. The maximum Gasteiger partial charge on any atom is 0.185 e. The van der Waals surface area contributed by atoms with Crippen LogP contribution < -0.4 is 11.5 Å². The van der Waals surface area contributed by atoms with Crippen molar-refractivity contribution in [1.29, 1.82) is 0 Å². The molecular formula is C11H15N3S. The fourth-order valence-corrected chi connectivity index (χ4v) is 2.63. The molecule has 1 saturated carbocycles. The van der Waals surface area contributed by atoms with Crippen LogP contribution in [-0.2, 0) is 0 Å². The number of nitrogens with zero attached hydrogens (tertiary/aromatic N) is 1. The predicted octanol–water partition coefficient (Wildman–Crippen LogP) is 1.58. The molecule has 0 bridgehead atoms. The highest BCUT2D eigenvalue weighted by Crippen LogP contribution is 2.51. The monoisotopic (exact) mass is 221 g/mol. The van der Waals surface area contributed by atoms with E-state index in [1.54, 1.807) is 0 Å². The molecule has 1 fully saturated rings. The first-order valence-corrected chi connectivity index (χ1v) is 5.81. The zero-order valence-electron chi connectivity index (χ0n) is 8.52. The minimum atomic E-state index is 0.190. The largest absolute Gasteiger partial charge is 0.370 e. The highest BCUT2D eigenvalue weighted by Gasteiger charge is 2.43. The molecule has 1 aliphatic carbocycles. The summed E-state index contributed by atoms with van der Waals surface area (Å²) in [7, 11) is 0. The van der Waals surface area contributed by atoms with Crippen molar-refractivity contribution >= 4 is 17.7 Å². The van der Waals surface area contributed by atoms with Crippen LogP contribution in [0, 0.1) is 0 Å². The summed E-state index contributed by atoms with van der Waals surface area (Å²) < 4.78 is 0.255. The summed E-state index contributed by atoms with van der Waals surface area (Å²) in [5, 5.41) is 0. The van der Waals surface area contributed by atoms with Gasteiger partial charge < -0.3 is 11.5 Å². The normalized spacial score (nSPS) is 17.1. The van der Waals surface area contributed by atoms with Crippen molar-refractivity contribution in [2.75, 3.05) is 6.54 Å². The van der Waals surface area contributed by atoms with Gasteiger partial charge in [0.05, 0.1) is 6.54 Å². The summed E-state index contributed by atoms with van der Waals surface area (Å²) in [6.07, 6.45) is 2.40. The number of hydrogen-bond donors (Lipinski definition) is 2. The van der Waals surface area contributed by atoms with Crippen molar-refractivity contribution < 1.29 is 0 Å². The van der Waals surface area contributed by atoms with E-state index in [2.05, 4.69) is 29.3 Å². The molecule has 15 heavy (non-hydrogen) atoms. The molecule has 3 nitrogen and oxygen atoms in total. The van der Waals surface area contributed by atoms with Gasteiger partial charge in [-0.15, -0.1) is 11.8 Å². The fourth-order valence-electron chi connectivity index (χ4n) is 1.41. The van der Waals surface area contributed by atoms with Gasteiger partial charge in [0, 0.05) is 9.64 Å². The van der Waals surface area contributed by atoms with E-state index in [-0.39, 0.29) is 10.7 Å². The van der Waals surface area contributed by atoms with Gasteiger partial charge in [-0.1, -0.05) is 18.2 Å².